The summed E-state index contributed by atoms with van der Waals surface area (Å²) in [6, 6.07) is 17.8. The van der Waals surface area contributed by atoms with Crippen LogP contribution >= 0.6 is 11.3 Å². The Hall–Kier alpha value is -5.91. The van der Waals surface area contributed by atoms with Gasteiger partial charge in [-0.1, -0.05) is 84.9 Å². The van der Waals surface area contributed by atoms with Gasteiger partial charge >= 0.3 is 6.18 Å². The number of aryl methyl sites for hydroxylation is 1. The van der Waals surface area contributed by atoms with Crippen LogP contribution in [0.15, 0.2) is 72.2 Å². The molecule has 4 atom stereocenters. The van der Waals surface area contributed by atoms with Crippen molar-refractivity contribution in [2.24, 2.45) is 21.7 Å². The van der Waals surface area contributed by atoms with Gasteiger partial charge in [0.25, 0.3) is 5.91 Å². The number of hydrogen-bond acceptors (Lipinski definition) is 12. The summed E-state index contributed by atoms with van der Waals surface area (Å²) in [4.78, 5) is 66.8. The Bertz CT molecular complexity index is 2800. The molecule has 1 aliphatic carbocycles. The summed E-state index contributed by atoms with van der Waals surface area (Å²) in [7, 11) is 0. The molecular formula is C57H71F3N8O7S. The van der Waals surface area contributed by atoms with Crippen LogP contribution in [0.5, 0.6) is 5.75 Å². The molecule has 1 aromatic heterocycles. The van der Waals surface area contributed by atoms with Gasteiger partial charge in [0.1, 0.15) is 23.9 Å². The third-order valence-corrected chi connectivity index (χ3v) is 16.8. The lowest BCUT2D eigenvalue weighted by molar-refractivity contribution is -0.164. The van der Waals surface area contributed by atoms with E-state index in [0.29, 0.717) is 31.9 Å². The number of aliphatic hydroxyl groups excluding tert-OH is 1. The number of piperazine rings is 1. The van der Waals surface area contributed by atoms with Gasteiger partial charge in [0, 0.05) is 73.5 Å². The molecule has 19 heteroatoms. The smallest absolute Gasteiger partial charge is 0.417 e. The number of nitrogens with one attached hydrogen (secondary N) is 3. The van der Waals surface area contributed by atoms with Gasteiger partial charge in [0.2, 0.25) is 17.7 Å². The zero-order chi connectivity index (χ0) is 55.1. The first-order valence-corrected chi connectivity index (χ1v) is 26.9. The number of β-amino-alcohol motifs (C(OH)–C–C–N with tert-alkyl or cyclic N) is 1. The fourth-order valence-electron chi connectivity index (χ4n) is 11.9. The summed E-state index contributed by atoms with van der Waals surface area (Å²) in [5.41, 5.74) is 2.61. The number of halogens is 3. The maximum atomic E-state index is 14.3. The summed E-state index contributed by atoms with van der Waals surface area (Å²) in [6.07, 6.45) is -5.30. The van der Waals surface area contributed by atoms with Gasteiger partial charge in [-0.2, -0.15) is 18.4 Å². The van der Waals surface area contributed by atoms with Crippen molar-refractivity contribution in [2.45, 2.75) is 118 Å². The fraction of sp³-hybridized carbons (Fsp3) is 0.544. The number of carbonyl (C=O) groups excluding carboxylic acids is 4. The minimum atomic E-state index is -4.72. The van der Waals surface area contributed by atoms with E-state index in [-0.39, 0.29) is 60.5 Å². The number of rotatable bonds is 16. The normalized spacial score (nSPS) is 23.0. The van der Waals surface area contributed by atoms with Crippen LogP contribution in [-0.2, 0) is 31.7 Å². The van der Waals surface area contributed by atoms with Crippen molar-refractivity contribution in [1.29, 1.82) is 5.26 Å². The Morgan fingerprint density at radius 1 is 0.934 bits per heavy atom. The van der Waals surface area contributed by atoms with E-state index in [1.54, 1.807) is 29.5 Å². The first kappa shape index (κ1) is 56.3. The van der Waals surface area contributed by atoms with Gasteiger partial charge in [-0.15, -0.1) is 11.3 Å². The maximum absolute atomic E-state index is 14.3. The number of aliphatic hydroxyl groups is 1. The molecule has 4 aromatic rings. The van der Waals surface area contributed by atoms with Crippen molar-refractivity contribution in [3.63, 3.8) is 0 Å². The van der Waals surface area contributed by atoms with Crippen molar-refractivity contribution in [3.8, 4) is 22.3 Å². The number of nitriles is 1. The van der Waals surface area contributed by atoms with E-state index in [9.17, 15) is 42.7 Å². The summed E-state index contributed by atoms with van der Waals surface area (Å²) >= 11 is 1.57. The minimum absolute atomic E-state index is 0.00301. The highest BCUT2D eigenvalue weighted by atomic mass is 32.1. The molecule has 408 valence electrons. The van der Waals surface area contributed by atoms with Gasteiger partial charge in [-0.25, -0.2) is 4.98 Å². The first-order chi connectivity index (χ1) is 35.7. The van der Waals surface area contributed by atoms with Crippen molar-refractivity contribution in [2.75, 3.05) is 59.0 Å². The lowest BCUT2D eigenvalue weighted by atomic mass is 9.49. The zero-order valence-electron chi connectivity index (χ0n) is 44.8. The van der Waals surface area contributed by atoms with E-state index in [4.69, 9.17) is 9.47 Å². The number of likely N-dealkylation sites (tertiary alicyclic amines) is 1. The molecule has 0 radical (unpaired) electrons. The van der Waals surface area contributed by atoms with Crippen molar-refractivity contribution >= 4 is 35.0 Å². The number of benzene rings is 3. The van der Waals surface area contributed by atoms with E-state index in [2.05, 4.69) is 30.7 Å². The van der Waals surface area contributed by atoms with Crippen molar-refractivity contribution in [1.82, 2.24) is 35.6 Å². The minimum Gasteiger partial charge on any atom is -0.489 e. The number of hydrogen-bond donors (Lipinski definition) is 4. The van der Waals surface area contributed by atoms with Gasteiger partial charge < -0.3 is 40.3 Å². The quantitative estimate of drug-likeness (QED) is 0.0891. The van der Waals surface area contributed by atoms with E-state index in [1.165, 1.54) is 11.0 Å². The number of amides is 4. The molecule has 15 nitrogen and oxygen atoms in total. The summed E-state index contributed by atoms with van der Waals surface area (Å²) < 4.78 is 53.0. The maximum Gasteiger partial charge on any atom is 0.417 e. The lowest BCUT2D eigenvalue weighted by Gasteiger charge is -2.63. The van der Waals surface area contributed by atoms with Crippen LogP contribution in [0, 0.1) is 39.9 Å². The monoisotopic (exact) mass is 1070 g/mol. The lowest BCUT2D eigenvalue weighted by Crippen LogP contribution is -2.74. The highest BCUT2D eigenvalue weighted by Gasteiger charge is 2.64. The summed E-state index contributed by atoms with van der Waals surface area (Å²) in [5.74, 6) is -1.34. The van der Waals surface area contributed by atoms with Gasteiger partial charge in [-0.05, 0) is 72.7 Å². The molecule has 76 heavy (non-hydrogen) atoms. The van der Waals surface area contributed by atoms with E-state index < -0.39 is 63.7 Å². The Morgan fingerprint density at radius 2 is 1.58 bits per heavy atom. The van der Waals surface area contributed by atoms with Gasteiger partial charge in [0.05, 0.1) is 65.2 Å². The van der Waals surface area contributed by atoms with Crippen LogP contribution in [0.4, 0.5) is 13.2 Å². The number of aromatic nitrogens is 1. The molecule has 1 unspecified atom stereocenters. The number of alkyl halides is 3. The molecule has 3 aromatic carbocycles. The van der Waals surface area contributed by atoms with Gasteiger partial charge in [0.15, 0.2) is 0 Å². The Balaban J connectivity index is 0.800. The second kappa shape index (κ2) is 21.8. The molecule has 3 saturated heterocycles. The predicted molar refractivity (Wildman–Crippen MR) is 282 cm³/mol. The fourth-order valence-corrected chi connectivity index (χ4v) is 12.7. The van der Waals surface area contributed by atoms with Crippen LogP contribution in [0.2, 0.25) is 0 Å². The topological polar surface area (TPSA) is 189 Å². The average molecular weight is 1070 g/mol. The van der Waals surface area contributed by atoms with E-state index in [1.807, 2.05) is 104 Å². The van der Waals surface area contributed by atoms with Crippen molar-refractivity contribution < 1.29 is 46.9 Å². The molecule has 0 spiro atoms. The van der Waals surface area contributed by atoms with Crippen LogP contribution in [0.3, 0.4) is 0 Å². The van der Waals surface area contributed by atoms with Crippen LogP contribution in [0.1, 0.15) is 106 Å². The molecule has 4 amide bonds. The highest BCUT2D eigenvalue weighted by Crippen LogP contribution is 2.56. The molecular weight excluding hydrogens is 998 g/mol. The Kier molecular flexibility index (Phi) is 16.2. The zero-order valence-corrected chi connectivity index (χ0v) is 45.7. The standard InChI is InChI=1S/C57H71F3N8O7S/c1-34(37-14-16-38(17-15-37)46-35(2)62-33-76-46)63-49(72)44-24-41(69)28-68(44)50(73)47(53(3,4)5)64-45(70)29-66-20-22-67(23-21-66)30-56(31-74-32-56)26-36-10-12-39(13-11-36)48(71)65-51-54(6,7)52(55(51,8)9)75-42-19-18-40(27-61)43(25-42)57(58,59)60/h10-19,25,33-34,41,44,47,51-52,69H,20-24,26,28-32H2,1-9H3,(H,63,72)(H,64,70)(H,65,71)/t34-,41+,44-,47?,51?,52?/m0/s1. The first-order valence-electron chi connectivity index (χ1n) is 26.0. The van der Waals surface area contributed by atoms with Crippen LogP contribution < -0.4 is 20.7 Å². The van der Waals surface area contributed by atoms with Crippen LogP contribution in [0.25, 0.3) is 10.4 Å². The summed E-state index contributed by atoms with van der Waals surface area (Å²) in [6.45, 7) is 21.9. The number of carbonyl (C=O) groups is 4. The van der Waals surface area contributed by atoms with Gasteiger partial charge in [-0.3, -0.25) is 24.1 Å². The number of ether oxygens (including phenoxy) is 2. The molecule has 4 aliphatic rings. The highest BCUT2D eigenvalue weighted by molar-refractivity contribution is 7.13. The van der Waals surface area contributed by atoms with Crippen molar-refractivity contribution in [3.05, 3.63) is 106 Å². The SMILES string of the molecule is Cc1ncsc1-c1ccc([C@H](C)NC(=O)[C@@H]2C[C@@H](O)CN2C(=O)C(NC(=O)CN2CCN(CC3(Cc4ccc(C(=O)NC5C(C)(C)C(Oc6ccc(C#N)c(C(F)(F)F)c6)C5(C)C)cc4)COC3)CC2)C(C)(C)C)cc1. The Labute approximate surface area is 447 Å². The van der Waals surface area contributed by atoms with E-state index in [0.717, 1.165) is 65.4 Å². The molecule has 4 N–H and O–H groups in total. The molecule has 3 aliphatic heterocycles. The third kappa shape index (κ3) is 12.1. The largest absolute Gasteiger partial charge is 0.489 e. The Morgan fingerprint density at radius 3 is 2.14 bits per heavy atom. The second-order valence-electron chi connectivity index (χ2n) is 23.7. The molecule has 8 rings (SSSR count). The number of thiazole rings is 1. The molecule has 1 saturated carbocycles. The molecule has 4 heterocycles. The molecule has 0 bridgehead atoms. The molecule has 4 fully saturated rings. The third-order valence-electron chi connectivity index (χ3n) is 15.8. The number of nitrogens with zero attached hydrogens (tertiary/aromatic N) is 5. The average Bonchev–Trinajstić information content (AvgIpc) is 3.98. The van der Waals surface area contributed by atoms with E-state index >= 15 is 0 Å². The summed E-state index contributed by atoms with van der Waals surface area (Å²) in [5, 5.41) is 29.2. The predicted octanol–water partition coefficient (Wildman–Crippen LogP) is 7.17. The second-order valence-corrected chi connectivity index (χ2v) is 24.5. The van der Waals surface area contributed by atoms with Crippen LogP contribution in [-0.4, -0.2) is 138 Å².